The lowest BCUT2D eigenvalue weighted by Gasteiger charge is -2.38. The van der Waals surface area contributed by atoms with Gasteiger partial charge in [0.15, 0.2) is 0 Å². The van der Waals surface area contributed by atoms with Crippen LogP contribution in [-0.4, -0.2) is 15.6 Å². The number of unbranched alkanes of at least 4 members (excludes halogenated alkanes) is 3. The number of fused-ring (bicyclic) bond motifs is 3. The molecular weight excluding hydrogens is 354 g/mol. The fourth-order valence-corrected chi connectivity index (χ4v) is 3.99. The van der Waals surface area contributed by atoms with Gasteiger partial charge in [-0.2, -0.15) is 5.10 Å². The first-order chi connectivity index (χ1) is 13.7. The van der Waals surface area contributed by atoms with Crippen molar-refractivity contribution in [2.24, 2.45) is 5.10 Å². The maximum atomic E-state index is 11.0. The van der Waals surface area contributed by atoms with Crippen molar-refractivity contribution in [1.29, 1.82) is 0 Å². The van der Waals surface area contributed by atoms with Gasteiger partial charge in [-0.25, -0.2) is 5.01 Å². The number of para-hydroxylation sites is 1. The summed E-state index contributed by atoms with van der Waals surface area (Å²) in [5, 5.41) is 17.9. The predicted molar refractivity (Wildman–Crippen MR) is 108 cm³/mol. The van der Waals surface area contributed by atoms with E-state index in [0.29, 0.717) is 0 Å². The molecule has 0 fully saturated rings. The van der Waals surface area contributed by atoms with Gasteiger partial charge in [0.2, 0.25) is 6.23 Å². The van der Waals surface area contributed by atoms with E-state index in [-0.39, 0.29) is 22.9 Å². The maximum Gasteiger partial charge on any atom is 0.269 e. The van der Waals surface area contributed by atoms with Crippen LogP contribution in [-0.2, 0) is 0 Å². The Hall–Kier alpha value is -2.89. The molecule has 146 valence electrons. The van der Waals surface area contributed by atoms with Gasteiger partial charge >= 0.3 is 0 Å². The molecule has 0 amide bonds. The summed E-state index contributed by atoms with van der Waals surface area (Å²) in [5.41, 5.74) is 3.33. The molecule has 2 heterocycles. The van der Waals surface area contributed by atoms with Crippen molar-refractivity contribution in [1.82, 2.24) is 5.01 Å². The third-order valence-electron chi connectivity index (χ3n) is 5.47. The lowest BCUT2D eigenvalue weighted by molar-refractivity contribution is -0.384. The van der Waals surface area contributed by atoms with E-state index in [1.165, 1.54) is 37.1 Å². The number of rotatable bonds is 7. The number of non-ortho nitro benzene ring substituents is 1. The van der Waals surface area contributed by atoms with Crippen LogP contribution < -0.4 is 4.74 Å². The van der Waals surface area contributed by atoms with E-state index < -0.39 is 0 Å². The molecule has 2 atom stereocenters. The second kappa shape index (κ2) is 8.00. The zero-order chi connectivity index (χ0) is 19.5. The normalized spacial score (nSPS) is 20.2. The van der Waals surface area contributed by atoms with Crippen LogP contribution in [0.25, 0.3) is 0 Å². The van der Waals surface area contributed by atoms with Crippen LogP contribution in [0.15, 0.2) is 53.6 Å². The highest BCUT2D eigenvalue weighted by molar-refractivity contribution is 5.86. The Morgan fingerprint density at radius 1 is 1.14 bits per heavy atom. The van der Waals surface area contributed by atoms with Crippen molar-refractivity contribution >= 4 is 11.4 Å². The molecule has 0 saturated carbocycles. The van der Waals surface area contributed by atoms with Crippen molar-refractivity contribution in [2.45, 2.75) is 57.7 Å². The minimum absolute atomic E-state index is 0.0815. The molecule has 28 heavy (non-hydrogen) atoms. The molecule has 2 aliphatic rings. The zero-order valence-corrected chi connectivity index (χ0v) is 16.1. The fraction of sp³-hybridized carbons (Fsp3) is 0.409. The molecule has 2 aromatic rings. The Morgan fingerprint density at radius 3 is 2.68 bits per heavy atom. The summed E-state index contributed by atoms with van der Waals surface area (Å²) >= 11 is 0. The average Bonchev–Trinajstić information content (AvgIpc) is 3.15. The zero-order valence-electron chi connectivity index (χ0n) is 16.1. The molecule has 0 aromatic heterocycles. The van der Waals surface area contributed by atoms with Gasteiger partial charge < -0.3 is 4.74 Å². The van der Waals surface area contributed by atoms with Gasteiger partial charge in [-0.05, 0) is 31.0 Å². The number of hydrazone groups is 1. The highest BCUT2D eigenvalue weighted by Gasteiger charge is 2.40. The summed E-state index contributed by atoms with van der Waals surface area (Å²) in [4.78, 5) is 10.6. The van der Waals surface area contributed by atoms with Gasteiger partial charge in [0.05, 0.1) is 11.0 Å². The van der Waals surface area contributed by atoms with E-state index in [1.54, 1.807) is 12.1 Å². The second-order valence-electron chi connectivity index (χ2n) is 7.43. The van der Waals surface area contributed by atoms with Gasteiger partial charge in [-0.1, -0.05) is 44.4 Å². The summed E-state index contributed by atoms with van der Waals surface area (Å²) < 4.78 is 6.27. The highest BCUT2D eigenvalue weighted by atomic mass is 16.6. The molecular formula is C22H25N3O3. The number of nitro groups is 1. The third kappa shape index (κ3) is 3.59. The smallest absolute Gasteiger partial charge is 0.269 e. The Kier molecular flexibility index (Phi) is 5.28. The Morgan fingerprint density at radius 2 is 1.93 bits per heavy atom. The van der Waals surface area contributed by atoms with E-state index in [0.717, 1.165) is 36.1 Å². The summed E-state index contributed by atoms with van der Waals surface area (Å²) in [6.07, 6.45) is 6.45. The monoisotopic (exact) mass is 379 g/mol. The first-order valence-corrected chi connectivity index (χ1v) is 10.0. The van der Waals surface area contributed by atoms with Crippen molar-refractivity contribution in [3.8, 4) is 5.75 Å². The Balaban J connectivity index is 1.60. The summed E-state index contributed by atoms with van der Waals surface area (Å²) in [7, 11) is 0. The predicted octanol–water partition coefficient (Wildman–Crippen LogP) is 5.76. The van der Waals surface area contributed by atoms with Crippen molar-refractivity contribution in [3.63, 3.8) is 0 Å². The number of nitro benzene ring substituents is 1. The first kappa shape index (κ1) is 18.5. The molecule has 6 nitrogen and oxygen atoms in total. The molecule has 0 unspecified atom stereocenters. The fourth-order valence-electron chi connectivity index (χ4n) is 3.99. The van der Waals surface area contributed by atoms with Gasteiger partial charge in [-0.15, -0.1) is 0 Å². The van der Waals surface area contributed by atoms with Crippen LogP contribution in [0.5, 0.6) is 5.75 Å². The Labute approximate surface area is 165 Å². The van der Waals surface area contributed by atoms with Gasteiger partial charge in [0.25, 0.3) is 5.69 Å². The van der Waals surface area contributed by atoms with Crippen molar-refractivity contribution in [2.75, 3.05) is 0 Å². The molecule has 0 radical (unpaired) electrons. The minimum Gasteiger partial charge on any atom is -0.464 e. The molecule has 2 aromatic carbocycles. The second-order valence-corrected chi connectivity index (χ2v) is 7.43. The van der Waals surface area contributed by atoms with E-state index in [9.17, 15) is 10.1 Å². The van der Waals surface area contributed by atoms with Crippen LogP contribution >= 0.6 is 0 Å². The lowest BCUT2D eigenvalue weighted by Crippen LogP contribution is -2.33. The van der Waals surface area contributed by atoms with Gasteiger partial charge in [0.1, 0.15) is 5.75 Å². The van der Waals surface area contributed by atoms with Crippen LogP contribution in [0.4, 0.5) is 5.69 Å². The highest BCUT2D eigenvalue weighted by Crippen LogP contribution is 2.47. The van der Waals surface area contributed by atoms with Crippen molar-refractivity contribution < 1.29 is 9.66 Å². The topological polar surface area (TPSA) is 68.0 Å². The van der Waals surface area contributed by atoms with Gasteiger partial charge in [0, 0.05) is 35.4 Å². The number of ether oxygens (including phenoxy) is 1. The quantitative estimate of drug-likeness (QED) is 0.348. The van der Waals surface area contributed by atoms with Crippen molar-refractivity contribution in [3.05, 3.63) is 69.8 Å². The molecule has 6 heteroatoms. The molecule has 0 N–H and O–H groups in total. The van der Waals surface area contributed by atoms with Crippen LogP contribution in [0.3, 0.4) is 0 Å². The van der Waals surface area contributed by atoms with E-state index in [1.807, 2.05) is 23.2 Å². The first-order valence-electron chi connectivity index (χ1n) is 10.0. The molecule has 0 spiro atoms. The molecule has 4 rings (SSSR count). The van der Waals surface area contributed by atoms with E-state index in [4.69, 9.17) is 9.84 Å². The number of hydrogen-bond donors (Lipinski definition) is 0. The lowest BCUT2D eigenvalue weighted by atomic mass is 9.96. The Bertz CT molecular complexity index is 879. The third-order valence-corrected chi connectivity index (χ3v) is 5.47. The summed E-state index contributed by atoms with van der Waals surface area (Å²) in [6, 6.07) is 14.9. The molecule has 2 aliphatic heterocycles. The maximum absolute atomic E-state index is 11.0. The van der Waals surface area contributed by atoms with E-state index >= 15 is 0 Å². The number of benzene rings is 2. The van der Waals surface area contributed by atoms with Crippen LogP contribution in [0.1, 0.15) is 68.8 Å². The number of hydrogen-bond acceptors (Lipinski definition) is 5. The average molecular weight is 379 g/mol. The summed E-state index contributed by atoms with van der Waals surface area (Å²) in [6.45, 7) is 2.22. The SMILES string of the molecule is CCCCCCC1=NN2[C@@H](c3ccc([N+](=O)[O-])cc3)Oc3ccccc3[C@@H]2C1. The van der Waals surface area contributed by atoms with E-state index in [2.05, 4.69) is 13.0 Å². The molecule has 0 aliphatic carbocycles. The largest absolute Gasteiger partial charge is 0.464 e. The molecule has 0 bridgehead atoms. The van der Waals surface area contributed by atoms with Gasteiger partial charge in [-0.3, -0.25) is 10.1 Å². The standard InChI is InChI=1S/C22H25N3O3/c1-2-3-4-5-8-17-15-20-19-9-6-7-10-21(19)28-22(24(20)23-17)16-11-13-18(14-12-16)25(26)27/h6-7,9-14,20,22H,2-5,8,15H2,1H3/t20-,22+/m0/s1. The van der Waals surface area contributed by atoms with Crippen LogP contribution in [0.2, 0.25) is 0 Å². The summed E-state index contributed by atoms with van der Waals surface area (Å²) in [5.74, 6) is 0.870. The minimum atomic E-state index is -0.383. The van der Waals surface area contributed by atoms with Crippen LogP contribution in [0, 0.1) is 10.1 Å². The number of nitrogens with zero attached hydrogens (tertiary/aromatic N) is 3. The molecule has 0 saturated heterocycles.